The lowest BCUT2D eigenvalue weighted by Crippen LogP contribution is -2.39. The van der Waals surface area contributed by atoms with Crippen molar-refractivity contribution in [2.75, 3.05) is 24.7 Å². The molecule has 0 unspecified atom stereocenters. The molecule has 1 aliphatic carbocycles. The van der Waals surface area contributed by atoms with E-state index in [1.165, 1.54) is 22.9 Å². The van der Waals surface area contributed by atoms with Crippen LogP contribution in [0.2, 0.25) is 0 Å². The van der Waals surface area contributed by atoms with Crippen LogP contribution in [0, 0.1) is 0 Å². The first-order valence-corrected chi connectivity index (χ1v) is 11.8. The van der Waals surface area contributed by atoms with Crippen molar-refractivity contribution in [2.45, 2.75) is 31.7 Å². The smallest absolute Gasteiger partial charge is 0.407 e. The van der Waals surface area contributed by atoms with Crippen LogP contribution in [0.1, 0.15) is 36.8 Å². The predicted octanol–water partition coefficient (Wildman–Crippen LogP) is 3.63. The molecule has 0 heterocycles. The van der Waals surface area contributed by atoms with Crippen LogP contribution in [0.25, 0.3) is 11.1 Å². The van der Waals surface area contributed by atoms with Gasteiger partial charge in [-0.05, 0) is 28.7 Å². The molecule has 0 spiro atoms. The van der Waals surface area contributed by atoms with Gasteiger partial charge >= 0.3 is 12.1 Å². The molecule has 0 aliphatic heterocycles. The van der Waals surface area contributed by atoms with E-state index in [9.17, 15) is 14.4 Å². The summed E-state index contributed by atoms with van der Waals surface area (Å²) >= 11 is 1.24. The van der Waals surface area contributed by atoms with Gasteiger partial charge in [0.1, 0.15) is 6.61 Å². The topological polar surface area (TPSA) is 105 Å². The maximum Gasteiger partial charge on any atom is 0.407 e. The molecule has 7 nitrogen and oxygen atoms in total. The molecule has 0 saturated heterocycles. The maximum absolute atomic E-state index is 12.4. The molecule has 2 aromatic carbocycles. The molecule has 3 N–H and O–H groups in total. The standard InChI is InChI=1S/C24H28N2O5S/c1-2-16(13-22(27)25-11-12-32-15-23(28)29)26-24(30)31-14-21-19-9-5-3-7-17(19)18-8-4-6-10-20(18)21/h3-10,16,21H,2,11-15H2,1H3,(H,25,27)(H,26,30)(H,28,29)/t16-/m0/s1. The van der Waals surface area contributed by atoms with E-state index in [2.05, 4.69) is 34.9 Å². The van der Waals surface area contributed by atoms with Gasteiger partial charge in [0, 0.05) is 30.7 Å². The van der Waals surface area contributed by atoms with E-state index < -0.39 is 12.1 Å². The average molecular weight is 457 g/mol. The number of carboxylic acids is 1. The number of carbonyl (C=O) groups excluding carboxylic acids is 2. The van der Waals surface area contributed by atoms with Crippen LogP contribution >= 0.6 is 11.8 Å². The lowest BCUT2D eigenvalue weighted by Gasteiger charge is -2.18. The van der Waals surface area contributed by atoms with E-state index in [-0.39, 0.29) is 36.6 Å². The highest BCUT2D eigenvalue weighted by Gasteiger charge is 2.29. The highest BCUT2D eigenvalue weighted by atomic mass is 32.2. The first-order chi connectivity index (χ1) is 15.5. The van der Waals surface area contributed by atoms with Gasteiger partial charge in [0.15, 0.2) is 0 Å². The van der Waals surface area contributed by atoms with Crippen LogP contribution in [0.15, 0.2) is 48.5 Å². The molecular weight excluding hydrogens is 428 g/mol. The van der Waals surface area contributed by atoms with Gasteiger partial charge in [-0.25, -0.2) is 4.79 Å². The Morgan fingerprint density at radius 1 is 1.06 bits per heavy atom. The Hall–Kier alpha value is -3.00. The van der Waals surface area contributed by atoms with Crippen molar-refractivity contribution in [3.05, 3.63) is 59.7 Å². The maximum atomic E-state index is 12.4. The highest BCUT2D eigenvalue weighted by Crippen LogP contribution is 2.44. The Labute approximate surface area is 191 Å². The number of hydrogen-bond donors (Lipinski definition) is 3. The van der Waals surface area contributed by atoms with Crippen LogP contribution < -0.4 is 10.6 Å². The Morgan fingerprint density at radius 3 is 2.28 bits per heavy atom. The molecule has 2 amide bonds. The van der Waals surface area contributed by atoms with Crippen LogP contribution in [0.4, 0.5) is 4.79 Å². The number of fused-ring (bicyclic) bond motifs is 3. The van der Waals surface area contributed by atoms with Gasteiger partial charge in [-0.3, -0.25) is 9.59 Å². The number of amides is 2. The van der Waals surface area contributed by atoms with Crippen molar-refractivity contribution >= 4 is 29.7 Å². The lowest BCUT2D eigenvalue weighted by molar-refractivity contribution is -0.133. The molecular formula is C24H28N2O5S. The number of carboxylic acid groups (broad SMARTS) is 1. The largest absolute Gasteiger partial charge is 0.481 e. The van der Waals surface area contributed by atoms with Gasteiger partial charge in [-0.2, -0.15) is 0 Å². The summed E-state index contributed by atoms with van der Waals surface area (Å²) in [5, 5.41) is 14.1. The number of nitrogens with one attached hydrogen (secondary N) is 2. The van der Waals surface area contributed by atoms with E-state index in [1.807, 2.05) is 31.2 Å². The fourth-order valence-corrected chi connectivity index (χ4v) is 4.39. The Kier molecular flexibility index (Phi) is 8.56. The summed E-state index contributed by atoms with van der Waals surface area (Å²) < 4.78 is 5.55. The minimum Gasteiger partial charge on any atom is -0.481 e. The minimum absolute atomic E-state index is 0.0107. The second-order valence-electron chi connectivity index (χ2n) is 7.58. The highest BCUT2D eigenvalue weighted by molar-refractivity contribution is 7.99. The van der Waals surface area contributed by atoms with Crippen LogP contribution in [0.3, 0.4) is 0 Å². The zero-order chi connectivity index (χ0) is 22.9. The fourth-order valence-electron chi connectivity index (χ4n) is 3.82. The summed E-state index contributed by atoms with van der Waals surface area (Å²) in [6.45, 7) is 2.51. The molecule has 0 saturated carbocycles. The molecule has 32 heavy (non-hydrogen) atoms. The molecule has 8 heteroatoms. The molecule has 170 valence electrons. The Balaban J connectivity index is 1.47. The molecule has 0 radical (unpaired) electrons. The summed E-state index contributed by atoms with van der Waals surface area (Å²) in [5.41, 5.74) is 4.63. The van der Waals surface area contributed by atoms with Gasteiger partial charge in [0.2, 0.25) is 5.91 Å². The average Bonchev–Trinajstić information content (AvgIpc) is 3.10. The number of carbonyl (C=O) groups is 3. The van der Waals surface area contributed by atoms with E-state index in [0.29, 0.717) is 18.7 Å². The van der Waals surface area contributed by atoms with Crippen molar-refractivity contribution in [3.8, 4) is 11.1 Å². The SMILES string of the molecule is CC[C@@H](CC(=O)NCCSCC(=O)O)NC(=O)OCC1c2ccccc2-c2ccccc21. The number of ether oxygens (including phenoxy) is 1. The number of benzene rings is 2. The minimum atomic E-state index is -0.875. The second-order valence-corrected chi connectivity index (χ2v) is 8.68. The first kappa shape index (κ1) is 23.7. The number of alkyl carbamates (subject to hydrolysis) is 1. The zero-order valence-corrected chi connectivity index (χ0v) is 18.8. The van der Waals surface area contributed by atoms with Gasteiger partial charge in [0.25, 0.3) is 0 Å². The van der Waals surface area contributed by atoms with Crippen molar-refractivity contribution in [1.29, 1.82) is 0 Å². The van der Waals surface area contributed by atoms with E-state index in [0.717, 1.165) is 11.1 Å². The van der Waals surface area contributed by atoms with Crippen LogP contribution in [-0.4, -0.2) is 53.8 Å². The van der Waals surface area contributed by atoms with E-state index in [4.69, 9.17) is 9.84 Å². The van der Waals surface area contributed by atoms with Gasteiger partial charge < -0.3 is 20.5 Å². The number of hydrogen-bond acceptors (Lipinski definition) is 5. The summed E-state index contributed by atoms with van der Waals surface area (Å²) in [7, 11) is 0. The Morgan fingerprint density at radius 2 is 1.69 bits per heavy atom. The quantitative estimate of drug-likeness (QED) is 0.446. The van der Waals surface area contributed by atoms with E-state index >= 15 is 0 Å². The molecule has 0 fully saturated rings. The lowest BCUT2D eigenvalue weighted by atomic mass is 9.98. The monoisotopic (exact) mass is 456 g/mol. The zero-order valence-electron chi connectivity index (χ0n) is 18.0. The third-order valence-corrected chi connectivity index (χ3v) is 6.33. The number of rotatable bonds is 11. The van der Waals surface area contributed by atoms with Crippen LogP contribution in [-0.2, 0) is 14.3 Å². The Bertz CT molecular complexity index is 919. The molecule has 0 bridgehead atoms. The molecule has 3 rings (SSSR count). The van der Waals surface area contributed by atoms with Gasteiger partial charge in [-0.15, -0.1) is 11.8 Å². The summed E-state index contributed by atoms with van der Waals surface area (Å²) in [4.78, 5) is 35.0. The van der Waals surface area contributed by atoms with Gasteiger partial charge in [0.05, 0.1) is 5.75 Å². The van der Waals surface area contributed by atoms with Gasteiger partial charge in [-0.1, -0.05) is 55.5 Å². The molecule has 1 atom stereocenters. The number of thioether (sulfide) groups is 1. The second kappa shape index (κ2) is 11.6. The summed E-state index contributed by atoms with van der Waals surface area (Å²) in [5.74, 6) is -0.544. The van der Waals surface area contributed by atoms with Crippen molar-refractivity contribution in [2.24, 2.45) is 0 Å². The third-order valence-electron chi connectivity index (χ3n) is 5.38. The van der Waals surface area contributed by atoms with E-state index in [1.54, 1.807) is 0 Å². The molecule has 0 aromatic heterocycles. The number of aliphatic carboxylic acids is 1. The van der Waals surface area contributed by atoms with Crippen molar-refractivity contribution < 1.29 is 24.2 Å². The normalized spacial score (nSPS) is 13.0. The predicted molar refractivity (Wildman–Crippen MR) is 125 cm³/mol. The molecule has 1 aliphatic rings. The summed E-state index contributed by atoms with van der Waals surface area (Å²) in [6, 6.07) is 16.0. The van der Waals surface area contributed by atoms with Crippen molar-refractivity contribution in [3.63, 3.8) is 0 Å². The third kappa shape index (κ3) is 6.26. The molecule has 2 aromatic rings. The van der Waals surface area contributed by atoms with Crippen molar-refractivity contribution in [1.82, 2.24) is 10.6 Å². The summed E-state index contributed by atoms with van der Waals surface area (Å²) in [6.07, 6.45) is 0.193. The fraction of sp³-hybridized carbons (Fsp3) is 0.375. The first-order valence-electron chi connectivity index (χ1n) is 10.7. The van der Waals surface area contributed by atoms with Crippen LogP contribution in [0.5, 0.6) is 0 Å².